The monoisotopic (exact) mass is 296 g/mol. The van der Waals surface area contributed by atoms with Gasteiger partial charge in [0, 0.05) is 4.91 Å². The minimum atomic E-state index is -3.09. The zero-order valence-electron chi connectivity index (χ0n) is 13.3. The van der Waals surface area contributed by atoms with Gasteiger partial charge in [0.05, 0.1) is 5.75 Å². The summed E-state index contributed by atoms with van der Waals surface area (Å²) in [4.78, 5) is 0.650. The van der Waals surface area contributed by atoms with Gasteiger partial charge in [-0.05, 0) is 49.5 Å². The van der Waals surface area contributed by atoms with E-state index in [9.17, 15) is 8.42 Å². The summed E-state index contributed by atoms with van der Waals surface area (Å²) in [6.07, 6.45) is 8.91. The quantitative estimate of drug-likeness (QED) is 0.769. The van der Waals surface area contributed by atoms with Crippen LogP contribution in [0.15, 0.2) is 22.6 Å². The van der Waals surface area contributed by atoms with Crippen LogP contribution >= 0.6 is 0 Å². The lowest BCUT2D eigenvalue weighted by Gasteiger charge is -2.43. The van der Waals surface area contributed by atoms with Gasteiger partial charge in [0.2, 0.25) is 0 Å². The van der Waals surface area contributed by atoms with E-state index in [0.717, 1.165) is 12.8 Å². The maximum Gasteiger partial charge on any atom is 0.174 e. The Labute approximate surface area is 124 Å². The van der Waals surface area contributed by atoms with E-state index in [1.54, 1.807) is 0 Å². The van der Waals surface area contributed by atoms with Crippen LogP contribution in [0, 0.1) is 17.3 Å². The zero-order chi connectivity index (χ0) is 15.0. The maximum atomic E-state index is 12.7. The van der Waals surface area contributed by atoms with Gasteiger partial charge in [-0.15, -0.1) is 0 Å². The van der Waals surface area contributed by atoms with Crippen molar-refractivity contribution in [2.24, 2.45) is 17.3 Å². The summed E-state index contributed by atoms with van der Waals surface area (Å²) in [5, 5.41) is 0. The minimum Gasteiger partial charge on any atom is -0.224 e. The summed E-state index contributed by atoms with van der Waals surface area (Å²) in [6.45, 7) is 8.76. The van der Waals surface area contributed by atoms with Crippen LogP contribution in [0.4, 0.5) is 0 Å². The molecule has 2 rings (SSSR count). The van der Waals surface area contributed by atoms with E-state index >= 15 is 0 Å². The Morgan fingerprint density at radius 3 is 2.50 bits per heavy atom. The highest BCUT2D eigenvalue weighted by molar-refractivity contribution is 7.95. The number of hydrogen-bond acceptors (Lipinski definition) is 2. The molecule has 3 heteroatoms. The molecule has 2 aliphatic carbocycles. The van der Waals surface area contributed by atoms with E-state index in [4.69, 9.17) is 0 Å². The van der Waals surface area contributed by atoms with Gasteiger partial charge in [0.1, 0.15) is 0 Å². The molecular formula is C17H28O2S. The third-order valence-electron chi connectivity index (χ3n) is 5.29. The van der Waals surface area contributed by atoms with Crippen LogP contribution < -0.4 is 0 Å². The Morgan fingerprint density at radius 2 is 1.95 bits per heavy atom. The summed E-state index contributed by atoms with van der Waals surface area (Å²) in [7, 11) is -3.09. The number of sulfone groups is 1. The molecule has 20 heavy (non-hydrogen) atoms. The first-order valence-electron chi connectivity index (χ1n) is 7.81. The van der Waals surface area contributed by atoms with Crippen molar-refractivity contribution in [2.45, 2.75) is 59.8 Å². The van der Waals surface area contributed by atoms with Crippen molar-refractivity contribution < 1.29 is 8.42 Å². The van der Waals surface area contributed by atoms with Gasteiger partial charge in [0.15, 0.2) is 9.84 Å². The molecule has 0 aromatic carbocycles. The molecule has 0 bridgehead atoms. The van der Waals surface area contributed by atoms with Crippen LogP contribution in [-0.2, 0) is 9.84 Å². The summed E-state index contributed by atoms with van der Waals surface area (Å²) in [6, 6.07) is 0. The summed E-state index contributed by atoms with van der Waals surface area (Å²) in [5.41, 5.74) is 1.42. The predicted octanol–water partition coefficient (Wildman–Crippen LogP) is 4.49. The minimum absolute atomic E-state index is 0.145. The molecule has 0 aromatic rings. The molecule has 2 atom stereocenters. The van der Waals surface area contributed by atoms with Crippen molar-refractivity contribution in [3.63, 3.8) is 0 Å². The van der Waals surface area contributed by atoms with E-state index in [2.05, 4.69) is 27.7 Å². The van der Waals surface area contributed by atoms with Gasteiger partial charge in [-0.3, -0.25) is 0 Å². The Balaban J connectivity index is 2.19. The molecule has 2 aliphatic rings. The largest absolute Gasteiger partial charge is 0.224 e. The fourth-order valence-corrected chi connectivity index (χ4v) is 5.91. The maximum absolute atomic E-state index is 12.7. The van der Waals surface area contributed by atoms with Crippen LogP contribution in [0.2, 0.25) is 0 Å². The molecule has 0 amide bonds. The average Bonchev–Trinajstić information content (AvgIpc) is 2.34. The molecule has 114 valence electrons. The fourth-order valence-electron chi connectivity index (χ4n) is 3.75. The van der Waals surface area contributed by atoms with Gasteiger partial charge >= 0.3 is 0 Å². The first-order chi connectivity index (χ1) is 9.22. The predicted molar refractivity (Wildman–Crippen MR) is 85.1 cm³/mol. The summed E-state index contributed by atoms with van der Waals surface area (Å²) < 4.78 is 25.4. The van der Waals surface area contributed by atoms with E-state index in [1.807, 2.05) is 12.2 Å². The van der Waals surface area contributed by atoms with Crippen LogP contribution in [0.5, 0.6) is 0 Å². The zero-order valence-corrected chi connectivity index (χ0v) is 14.1. The standard InChI is InChI=1S/C17H28O2S/c1-13-7-9-15(10-8-13)20(18,19)12-16-14(2)6-5-11-17(16,3)4/h7,9,14,16H,5-6,8,10-12H2,1-4H3. The Hall–Kier alpha value is -0.570. The highest BCUT2D eigenvalue weighted by Gasteiger charge is 2.40. The van der Waals surface area contributed by atoms with Gasteiger partial charge in [-0.1, -0.05) is 45.3 Å². The van der Waals surface area contributed by atoms with Crippen molar-refractivity contribution >= 4 is 9.84 Å². The SMILES string of the molecule is CC1=CC=C(S(=O)(=O)CC2C(C)CCCC2(C)C)CC1. The third kappa shape index (κ3) is 3.36. The van der Waals surface area contributed by atoms with Crippen molar-refractivity contribution in [2.75, 3.05) is 5.75 Å². The van der Waals surface area contributed by atoms with Crippen LogP contribution in [0.1, 0.15) is 59.8 Å². The molecular weight excluding hydrogens is 268 g/mol. The van der Waals surface area contributed by atoms with Gasteiger partial charge in [-0.25, -0.2) is 8.42 Å². The lowest BCUT2D eigenvalue weighted by Crippen LogP contribution is -2.38. The molecule has 1 fully saturated rings. The molecule has 0 radical (unpaired) electrons. The van der Waals surface area contributed by atoms with Crippen molar-refractivity contribution in [1.29, 1.82) is 0 Å². The average molecular weight is 296 g/mol. The smallest absolute Gasteiger partial charge is 0.174 e. The Bertz CT molecular complexity index is 523. The normalized spacial score (nSPS) is 30.6. The second kappa shape index (κ2) is 5.67. The van der Waals surface area contributed by atoms with Gasteiger partial charge < -0.3 is 0 Å². The van der Waals surface area contributed by atoms with Crippen molar-refractivity contribution in [3.05, 3.63) is 22.6 Å². The second-order valence-electron chi connectivity index (χ2n) is 7.39. The summed E-state index contributed by atoms with van der Waals surface area (Å²) >= 11 is 0. The summed E-state index contributed by atoms with van der Waals surface area (Å²) in [5.74, 6) is 1.13. The molecule has 1 saturated carbocycles. The Kier molecular flexibility index (Phi) is 4.48. The van der Waals surface area contributed by atoms with Crippen molar-refractivity contribution in [1.82, 2.24) is 0 Å². The molecule has 2 nitrogen and oxygen atoms in total. The first-order valence-corrected chi connectivity index (χ1v) is 9.47. The van der Waals surface area contributed by atoms with Crippen LogP contribution in [0.25, 0.3) is 0 Å². The number of allylic oxidation sites excluding steroid dienone is 4. The molecule has 0 heterocycles. The third-order valence-corrected chi connectivity index (χ3v) is 7.23. The molecule has 0 N–H and O–H groups in total. The van der Waals surface area contributed by atoms with Crippen molar-refractivity contribution in [3.8, 4) is 0 Å². The number of rotatable bonds is 3. The van der Waals surface area contributed by atoms with Gasteiger partial charge in [0.25, 0.3) is 0 Å². The molecule has 0 aliphatic heterocycles. The highest BCUT2D eigenvalue weighted by Crippen LogP contribution is 2.45. The van der Waals surface area contributed by atoms with E-state index in [1.165, 1.54) is 18.4 Å². The van der Waals surface area contributed by atoms with Crippen LogP contribution in [-0.4, -0.2) is 14.2 Å². The Morgan fingerprint density at radius 1 is 1.25 bits per heavy atom. The highest BCUT2D eigenvalue weighted by atomic mass is 32.2. The topological polar surface area (TPSA) is 34.1 Å². The number of hydrogen-bond donors (Lipinski definition) is 0. The fraction of sp³-hybridized carbons (Fsp3) is 0.765. The second-order valence-corrected chi connectivity index (χ2v) is 9.48. The lowest BCUT2D eigenvalue weighted by molar-refractivity contribution is 0.102. The molecule has 2 unspecified atom stereocenters. The molecule has 0 spiro atoms. The molecule has 0 saturated heterocycles. The van der Waals surface area contributed by atoms with Gasteiger partial charge in [-0.2, -0.15) is 0 Å². The van der Waals surface area contributed by atoms with E-state index in [-0.39, 0.29) is 11.3 Å². The first kappa shape index (κ1) is 15.8. The van der Waals surface area contributed by atoms with E-state index in [0.29, 0.717) is 23.0 Å². The lowest BCUT2D eigenvalue weighted by atomic mass is 9.65. The molecule has 0 aromatic heterocycles. The van der Waals surface area contributed by atoms with E-state index < -0.39 is 9.84 Å². The van der Waals surface area contributed by atoms with Crippen LogP contribution in [0.3, 0.4) is 0 Å².